The minimum absolute atomic E-state index is 0.0125. The van der Waals surface area contributed by atoms with Crippen molar-refractivity contribution < 1.29 is 31.9 Å². The van der Waals surface area contributed by atoms with Crippen molar-refractivity contribution in [1.82, 2.24) is 9.97 Å². The number of carbonyl (C=O) groups excluding carboxylic acids is 2. The summed E-state index contributed by atoms with van der Waals surface area (Å²) >= 11 is 0. The number of aromatic nitrogens is 2. The van der Waals surface area contributed by atoms with Crippen molar-refractivity contribution in [3.8, 4) is 11.4 Å². The molecule has 1 aromatic heterocycles. The lowest BCUT2D eigenvalue weighted by molar-refractivity contribution is -0.123. The topological polar surface area (TPSA) is 84.1 Å². The molecule has 0 saturated carbocycles. The van der Waals surface area contributed by atoms with Crippen molar-refractivity contribution >= 4 is 28.6 Å². The Hall–Kier alpha value is -4.21. The van der Waals surface area contributed by atoms with Crippen LogP contribution in [0.3, 0.4) is 0 Å². The van der Waals surface area contributed by atoms with Gasteiger partial charge >= 0.3 is 5.97 Å². The highest BCUT2D eigenvalue weighted by atomic mass is 19.2. The van der Waals surface area contributed by atoms with Crippen LogP contribution in [0, 0.1) is 23.3 Å². The molecular weight excluding hydrogens is 442 g/mol. The number of hydrogen-bond acceptors (Lipinski definition) is 4. The van der Waals surface area contributed by atoms with Crippen molar-refractivity contribution in [2.45, 2.75) is 13.0 Å². The van der Waals surface area contributed by atoms with Gasteiger partial charge in [0.25, 0.3) is 5.91 Å². The van der Waals surface area contributed by atoms with E-state index in [-0.39, 0.29) is 11.6 Å². The maximum atomic E-state index is 13.8. The first-order chi connectivity index (χ1) is 15.7. The number of amides is 1. The molecular formula is C23H15F4N3O3. The number of aromatic amines is 1. The number of hydrogen-bond donors (Lipinski definition) is 2. The monoisotopic (exact) mass is 457 g/mol. The van der Waals surface area contributed by atoms with Crippen LogP contribution in [-0.4, -0.2) is 27.9 Å². The third-order valence-corrected chi connectivity index (χ3v) is 4.78. The van der Waals surface area contributed by atoms with E-state index in [1.54, 1.807) is 11.4 Å². The van der Waals surface area contributed by atoms with Gasteiger partial charge in [-0.25, -0.2) is 27.3 Å². The molecule has 33 heavy (non-hydrogen) atoms. The van der Waals surface area contributed by atoms with Crippen LogP contribution < -0.4 is 5.32 Å². The van der Waals surface area contributed by atoms with Crippen LogP contribution in [0.2, 0.25) is 0 Å². The molecule has 1 atom stereocenters. The maximum absolute atomic E-state index is 13.8. The lowest BCUT2D eigenvalue weighted by atomic mass is 10.2. The third kappa shape index (κ3) is 4.40. The molecule has 1 unspecified atom stereocenters. The third-order valence-electron chi connectivity index (χ3n) is 4.78. The number of H-pyrrole nitrogens is 1. The van der Waals surface area contributed by atoms with Gasteiger partial charge in [0.1, 0.15) is 11.5 Å². The summed E-state index contributed by atoms with van der Waals surface area (Å²) in [6, 6.07) is 13.8. The van der Waals surface area contributed by atoms with Crippen molar-refractivity contribution in [2.75, 3.05) is 5.32 Å². The summed E-state index contributed by atoms with van der Waals surface area (Å²) in [6.07, 6.45) is -1.53. The molecule has 0 fully saturated rings. The first-order valence-corrected chi connectivity index (χ1v) is 9.64. The van der Waals surface area contributed by atoms with Crippen LogP contribution in [-0.2, 0) is 9.53 Å². The van der Waals surface area contributed by atoms with Gasteiger partial charge in [-0.2, -0.15) is 0 Å². The van der Waals surface area contributed by atoms with Crippen molar-refractivity contribution in [1.29, 1.82) is 0 Å². The number of halogens is 4. The molecule has 3 aromatic carbocycles. The largest absolute Gasteiger partial charge is 0.449 e. The SMILES string of the molecule is CC(OC(=O)c1ccc2nc(-c3ccccc3)[nH]c2c1)C(=O)Nc1c(F)c(F)cc(F)c1F. The molecule has 1 heterocycles. The zero-order valence-electron chi connectivity index (χ0n) is 17.0. The predicted molar refractivity (Wildman–Crippen MR) is 111 cm³/mol. The van der Waals surface area contributed by atoms with E-state index in [2.05, 4.69) is 9.97 Å². The van der Waals surface area contributed by atoms with E-state index >= 15 is 0 Å². The standard InChI is InChI=1S/C23H15F4N3O3/c1-11(22(31)30-20-18(26)14(24)10-15(25)19(20)27)33-23(32)13-7-8-16-17(9-13)29-21(28-16)12-5-3-2-4-6-12/h2-11H,1H3,(H,28,29)(H,30,31). The number of fused-ring (bicyclic) bond motifs is 1. The molecule has 0 saturated heterocycles. The number of esters is 1. The molecule has 0 aliphatic rings. The lowest BCUT2D eigenvalue weighted by Crippen LogP contribution is -2.31. The van der Waals surface area contributed by atoms with Crippen LogP contribution >= 0.6 is 0 Å². The van der Waals surface area contributed by atoms with Gasteiger partial charge in [0.15, 0.2) is 29.4 Å². The van der Waals surface area contributed by atoms with E-state index in [0.29, 0.717) is 16.9 Å². The van der Waals surface area contributed by atoms with Gasteiger partial charge in [0, 0.05) is 11.6 Å². The highest BCUT2D eigenvalue weighted by Crippen LogP contribution is 2.25. The second kappa shape index (κ2) is 8.73. The number of rotatable bonds is 5. The molecule has 2 N–H and O–H groups in total. The maximum Gasteiger partial charge on any atom is 0.338 e. The average Bonchev–Trinajstić information content (AvgIpc) is 3.24. The van der Waals surface area contributed by atoms with Crippen molar-refractivity contribution in [2.24, 2.45) is 0 Å². The Morgan fingerprint density at radius 2 is 1.64 bits per heavy atom. The number of nitrogens with zero attached hydrogens (tertiary/aromatic N) is 1. The number of anilines is 1. The normalized spacial score (nSPS) is 11.9. The summed E-state index contributed by atoms with van der Waals surface area (Å²) in [4.78, 5) is 32.2. The summed E-state index contributed by atoms with van der Waals surface area (Å²) in [6.45, 7) is 1.14. The summed E-state index contributed by atoms with van der Waals surface area (Å²) in [5, 5.41) is 1.71. The second-order valence-electron chi connectivity index (χ2n) is 7.06. The van der Waals surface area contributed by atoms with Gasteiger partial charge in [-0.3, -0.25) is 4.79 Å². The molecule has 0 spiro atoms. The van der Waals surface area contributed by atoms with E-state index in [4.69, 9.17) is 4.74 Å². The molecule has 10 heteroatoms. The highest BCUT2D eigenvalue weighted by Gasteiger charge is 2.25. The Morgan fingerprint density at radius 1 is 0.970 bits per heavy atom. The molecule has 4 rings (SSSR count). The average molecular weight is 457 g/mol. The lowest BCUT2D eigenvalue weighted by Gasteiger charge is -2.14. The quantitative estimate of drug-likeness (QED) is 0.252. The second-order valence-corrected chi connectivity index (χ2v) is 7.06. The van der Waals surface area contributed by atoms with Gasteiger partial charge in [-0.15, -0.1) is 0 Å². The Kier molecular flexibility index (Phi) is 5.82. The van der Waals surface area contributed by atoms with E-state index in [1.165, 1.54) is 12.1 Å². The minimum atomic E-state index is -1.78. The molecule has 1 amide bonds. The van der Waals surface area contributed by atoms with E-state index in [9.17, 15) is 27.2 Å². The summed E-state index contributed by atoms with van der Waals surface area (Å²) in [5.74, 6) is -8.41. The minimum Gasteiger partial charge on any atom is -0.449 e. The fourth-order valence-electron chi connectivity index (χ4n) is 3.06. The first kappa shape index (κ1) is 22.0. The summed E-state index contributed by atoms with van der Waals surface area (Å²) in [7, 11) is 0. The summed E-state index contributed by atoms with van der Waals surface area (Å²) < 4.78 is 59.2. The van der Waals surface area contributed by atoms with E-state index in [1.807, 2.05) is 30.3 Å². The Labute approximate surface area is 184 Å². The molecule has 168 valence electrons. The van der Waals surface area contributed by atoms with Gasteiger partial charge < -0.3 is 15.0 Å². The zero-order valence-corrected chi connectivity index (χ0v) is 17.0. The van der Waals surface area contributed by atoms with Crippen LogP contribution in [0.5, 0.6) is 0 Å². The number of carbonyl (C=O) groups is 2. The van der Waals surface area contributed by atoms with Gasteiger partial charge in [0.05, 0.1) is 16.6 Å². The van der Waals surface area contributed by atoms with Crippen LogP contribution in [0.4, 0.5) is 23.2 Å². The van der Waals surface area contributed by atoms with Crippen molar-refractivity contribution in [3.63, 3.8) is 0 Å². The Balaban J connectivity index is 1.49. The number of benzene rings is 3. The number of imidazole rings is 1. The van der Waals surface area contributed by atoms with Gasteiger partial charge in [0.2, 0.25) is 0 Å². The molecule has 4 aromatic rings. The van der Waals surface area contributed by atoms with Gasteiger partial charge in [-0.1, -0.05) is 30.3 Å². The van der Waals surface area contributed by atoms with E-state index < -0.39 is 46.9 Å². The molecule has 6 nitrogen and oxygen atoms in total. The zero-order chi connectivity index (χ0) is 23.7. The van der Waals surface area contributed by atoms with Crippen LogP contribution in [0.15, 0.2) is 54.6 Å². The molecule has 0 radical (unpaired) electrons. The van der Waals surface area contributed by atoms with Crippen molar-refractivity contribution in [3.05, 3.63) is 83.4 Å². The van der Waals surface area contributed by atoms with Gasteiger partial charge in [-0.05, 0) is 25.1 Å². The van der Waals surface area contributed by atoms with Crippen LogP contribution in [0.1, 0.15) is 17.3 Å². The van der Waals surface area contributed by atoms with E-state index in [0.717, 1.165) is 12.5 Å². The first-order valence-electron chi connectivity index (χ1n) is 9.64. The molecule has 0 aliphatic carbocycles. The number of ether oxygens (including phenoxy) is 1. The Bertz CT molecular complexity index is 1350. The predicted octanol–water partition coefficient (Wildman–Crippen LogP) is 4.97. The highest BCUT2D eigenvalue weighted by molar-refractivity contribution is 5.98. The fraction of sp³-hybridized carbons (Fsp3) is 0.0870. The summed E-state index contributed by atoms with van der Waals surface area (Å²) in [5.41, 5.74) is 0.749. The number of nitrogens with one attached hydrogen (secondary N) is 2. The Morgan fingerprint density at radius 3 is 2.30 bits per heavy atom. The molecule has 0 bridgehead atoms. The smallest absolute Gasteiger partial charge is 0.338 e. The molecule has 0 aliphatic heterocycles. The fourth-order valence-corrected chi connectivity index (χ4v) is 3.06. The van der Waals surface area contributed by atoms with Crippen LogP contribution in [0.25, 0.3) is 22.4 Å².